The fourth-order valence-electron chi connectivity index (χ4n) is 2.95. The molecule has 2 aromatic rings. The van der Waals surface area contributed by atoms with E-state index in [1.807, 2.05) is 33.2 Å². The molecule has 0 atom stereocenters. The average molecular weight is 363 g/mol. The van der Waals surface area contributed by atoms with E-state index in [1.54, 1.807) is 11.3 Å². The van der Waals surface area contributed by atoms with Crippen molar-refractivity contribution < 1.29 is 0 Å². The highest BCUT2D eigenvalue weighted by molar-refractivity contribution is 7.09. The molecule has 128 valence electrons. The summed E-state index contributed by atoms with van der Waals surface area (Å²) in [5, 5.41) is 7.52. The van der Waals surface area contributed by atoms with Gasteiger partial charge in [-0.3, -0.25) is 4.99 Å². The second-order valence-electron chi connectivity index (χ2n) is 6.40. The molecule has 1 fully saturated rings. The van der Waals surface area contributed by atoms with Gasteiger partial charge in [-0.1, -0.05) is 23.7 Å². The van der Waals surface area contributed by atoms with Gasteiger partial charge in [-0.2, -0.15) is 0 Å². The second-order valence-corrected chi connectivity index (χ2v) is 7.90. The van der Waals surface area contributed by atoms with Crippen LogP contribution in [0.25, 0.3) is 0 Å². The number of hydrogen-bond donors (Lipinski definition) is 1. The third-order valence-corrected chi connectivity index (χ3v) is 5.61. The Bertz CT molecular complexity index is 719. The molecule has 1 heterocycles. The molecule has 1 N–H and O–H groups in total. The number of guanidine groups is 1. The first-order valence-electron chi connectivity index (χ1n) is 8.11. The maximum Gasteiger partial charge on any atom is 0.193 e. The van der Waals surface area contributed by atoms with Gasteiger partial charge < -0.3 is 10.2 Å². The van der Waals surface area contributed by atoms with Crippen LogP contribution >= 0.6 is 22.9 Å². The Balaban J connectivity index is 1.60. The summed E-state index contributed by atoms with van der Waals surface area (Å²) in [5.74, 6) is 0.904. The molecule has 4 nitrogen and oxygen atoms in total. The maximum absolute atomic E-state index is 6.01. The van der Waals surface area contributed by atoms with Crippen molar-refractivity contribution in [2.75, 3.05) is 20.6 Å². The summed E-state index contributed by atoms with van der Waals surface area (Å²) in [6.45, 7) is 3.68. The number of aryl methyl sites for hydroxylation is 1. The fraction of sp³-hybridized carbons (Fsp3) is 0.444. The van der Waals surface area contributed by atoms with E-state index in [2.05, 4.69) is 37.7 Å². The summed E-state index contributed by atoms with van der Waals surface area (Å²) < 4.78 is 0. The van der Waals surface area contributed by atoms with Gasteiger partial charge in [0.15, 0.2) is 5.96 Å². The lowest BCUT2D eigenvalue weighted by molar-refractivity contribution is 0.464. The molecule has 3 rings (SSSR count). The third kappa shape index (κ3) is 3.90. The zero-order valence-electron chi connectivity index (χ0n) is 14.3. The van der Waals surface area contributed by atoms with Crippen molar-refractivity contribution in [3.63, 3.8) is 0 Å². The van der Waals surface area contributed by atoms with Crippen molar-refractivity contribution in [1.29, 1.82) is 0 Å². The highest BCUT2D eigenvalue weighted by Gasteiger charge is 2.44. The molecule has 1 aliphatic carbocycles. The Morgan fingerprint density at radius 1 is 1.38 bits per heavy atom. The van der Waals surface area contributed by atoms with Crippen molar-refractivity contribution >= 4 is 28.9 Å². The van der Waals surface area contributed by atoms with Crippen molar-refractivity contribution in [1.82, 2.24) is 15.2 Å². The van der Waals surface area contributed by atoms with Crippen LogP contribution in [-0.2, 0) is 12.0 Å². The van der Waals surface area contributed by atoms with Crippen LogP contribution < -0.4 is 5.32 Å². The molecule has 1 aliphatic rings. The second kappa shape index (κ2) is 7.11. The van der Waals surface area contributed by atoms with Crippen molar-refractivity contribution in [3.8, 4) is 0 Å². The summed E-state index contributed by atoms with van der Waals surface area (Å²) in [5.41, 5.74) is 2.66. The van der Waals surface area contributed by atoms with Gasteiger partial charge in [0.2, 0.25) is 0 Å². The number of aliphatic imine (C=N–C) groups is 1. The normalized spacial score (nSPS) is 16.1. The number of thiazole rings is 1. The van der Waals surface area contributed by atoms with Gasteiger partial charge in [0.25, 0.3) is 0 Å². The summed E-state index contributed by atoms with van der Waals surface area (Å²) in [6.07, 6.45) is 2.40. The molecule has 0 saturated heterocycles. The molecule has 24 heavy (non-hydrogen) atoms. The van der Waals surface area contributed by atoms with Crippen LogP contribution in [0.3, 0.4) is 0 Å². The molecular weight excluding hydrogens is 340 g/mol. The highest BCUT2D eigenvalue weighted by atomic mass is 35.5. The molecule has 0 unspecified atom stereocenters. The van der Waals surface area contributed by atoms with Crippen LogP contribution in [0.1, 0.15) is 29.1 Å². The van der Waals surface area contributed by atoms with E-state index in [1.165, 1.54) is 18.4 Å². The van der Waals surface area contributed by atoms with Crippen molar-refractivity contribution in [2.45, 2.75) is 31.7 Å². The first-order valence-corrected chi connectivity index (χ1v) is 9.37. The Hall–Kier alpha value is -1.59. The zero-order valence-corrected chi connectivity index (χ0v) is 15.9. The van der Waals surface area contributed by atoms with E-state index in [4.69, 9.17) is 11.6 Å². The monoisotopic (exact) mass is 362 g/mol. The molecule has 0 amide bonds. The molecule has 0 radical (unpaired) electrons. The molecule has 6 heteroatoms. The van der Waals surface area contributed by atoms with Crippen LogP contribution in [0.15, 0.2) is 34.6 Å². The number of halogens is 1. The van der Waals surface area contributed by atoms with Crippen LogP contribution in [0.4, 0.5) is 0 Å². The zero-order chi connectivity index (χ0) is 17.2. The molecule has 0 aliphatic heterocycles. The minimum Gasteiger partial charge on any atom is -0.355 e. The topological polar surface area (TPSA) is 40.5 Å². The summed E-state index contributed by atoms with van der Waals surface area (Å²) in [6, 6.07) is 8.23. The Kier molecular flexibility index (Phi) is 5.11. The SMILES string of the molecule is CN=C(NCC1(c2ccc(Cl)cc2)CC1)N(C)Cc1csc(C)n1. The summed E-state index contributed by atoms with van der Waals surface area (Å²) >= 11 is 7.69. The number of hydrogen-bond acceptors (Lipinski definition) is 3. The third-order valence-electron chi connectivity index (χ3n) is 4.53. The van der Waals surface area contributed by atoms with E-state index in [0.29, 0.717) is 0 Å². The first kappa shape index (κ1) is 17.2. The predicted molar refractivity (Wildman–Crippen MR) is 102 cm³/mol. The highest BCUT2D eigenvalue weighted by Crippen LogP contribution is 2.47. The van der Waals surface area contributed by atoms with E-state index in [-0.39, 0.29) is 5.41 Å². The number of benzene rings is 1. The van der Waals surface area contributed by atoms with Gasteiger partial charge in [-0.05, 0) is 37.5 Å². The number of nitrogens with one attached hydrogen (secondary N) is 1. The smallest absolute Gasteiger partial charge is 0.193 e. The molecule has 1 aromatic heterocycles. The van der Waals surface area contributed by atoms with Gasteiger partial charge in [-0.15, -0.1) is 11.3 Å². The van der Waals surface area contributed by atoms with Gasteiger partial charge in [0.1, 0.15) is 0 Å². The minimum atomic E-state index is 0.221. The molecule has 0 bridgehead atoms. The number of rotatable bonds is 5. The van der Waals surface area contributed by atoms with Gasteiger partial charge in [-0.25, -0.2) is 4.98 Å². The van der Waals surface area contributed by atoms with E-state index in [0.717, 1.165) is 34.8 Å². The minimum absolute atomic E-state index is 0.221. The van der Waals surface area contributed by atoms with Crippen LogP contribution in [0, 0.1) is 6.92 Å². The standard InChI is InChI=1S/C18H23ClN4S/c1-13-22-16(11-24-13)10-23(3)17(20-2)21-12-18(8-9-18)14-4-6-15(19)7-5-14/h4-7,11H,8-10,12H2,1-3H3,(H,20,21). The van der Waals surface area contributed by atoms with Crippen LogP contribution in [0.5, 0.6) is 0 Å². The quantitative estimate of drug-likeness (QED) is 0.648. The van der Waals surface area contributed by atoms with E-state index < -0.39 is 0 Å². The van der Waals surface area contributed by atoms with Gasteiger partial charge >= 0.3 is 0 Å². The van der Waals surface area contributed by atoms with E-state index in [9.17, 15) is 0 Å². The Labute approximate surface area is 152 Å². The lowest BCUT2D eigenvalue weighted by atomic mass is 9.96. The van der Waals surface area contributed by atoms with Crippen molar-refractivity contribution in [3.05, 3.63) is 50.9 Å². The van der Waals surface area contributed by atoms with Crippen LogP contribution in [0.2, 0.25) is 5.02 Å². The molecule has 1 aromatic carbocycles. The molecule has 0 spiro atoms. The lowest BCUT2D eigenvalue weighted by Crippen LogP contribution is -2.42. The Morgan fingerprint density at radius 3 is 2.62 bits per heavy atom. The summed E-state index contributed by atoms with van der Waals surface area (Å²) in [7, 11) is 3.87. The fourth-order valence-corrected chi connectivity index (χ4v) is 3.68. The number of aromatic nitrogens is 1. The van der Waals surface area contributed by atoms with Gasteiger partial charge in [0.05, 0.1) is 17.2 Å². The van der Waals surface area contributed by atoms with Crippen LogP contribution in [-0.4, -0.2) is 36.5 Å². The summed E-state index contributed by atoms with van der Waals surface area (Å²) in [4.78, 5) is 11.1. The predicted octanol–water partition coefficient (Wildman–Crippen LogP) is 3.84. The van der Waals surface area contributed by atoms with E-state index >= 15 is 0 Å². The molecular formula is C18H23ClN4S. The number of nitrogens with zero attached hydrogens (tertiary/aromatic N) is 3. The van der Waals surface area contributed by atoms with Gasteiger partial charge in [0, 0.05) is 36.5 Å². The molecule has 1 saturated carbocycles. The lowest BCUT2D eigenvalue weighted by Gasteiger charge is -2.24. The largest absolute Gasteiger partial charge is 0.355 e. The van der Waals surface area contributed by atoms with Crippen molar-refractivity contribution in [2.24, 2.45) is 4.99 Å². The maximum atomic E-state index is 6.01. The Morgan fingerprint density at radius 2 is 2.08 bits per heavy atom. The first-order chi connectivity index (χ1) is 11.5. The average Bonchev–Trinajstić information content (AvgIpc) is 3.24.